The van der Waals surface area contributed by atoms with Gasteiger partial charge in [0.05, 0.1) is 5.52 Å². The smallest absolute Gasteiger partial charge is 0.341 e. The van der Waals surface area contributed by atoms with Crippen molar-refractivity contribution in [1.82, 2.24) is 14.5 Å². The second-order valence-electron chi connectivity index (χ2n) is 3.73. The minimum absolute atomic E-state index is 0.123. The molecule has 0 unspecified atom stereocenters. The number of rotatable bonds is 2. The molecule has 0 aliphatic carbocycles. The second kappa shape index (κ2) is 4.29. The highest BCUT2D eigenvalue weighted by atomic mass is 32.1. The Labute approximate surface area is 110 Å². The van der Waals surface area contributed by atoms with Gasteiger partial charge in [0.2, 0.25) is 5.43 Å². The summed E-state index contributed by atoms with van der Waals surface area (Å²) >= 11 is 1.35. The van der Waals surface area contributed by atoms with Gasteiger partial charge in [-0.05, 0) is 12.1 Å². The highest BCUT2D eigenvalue weighted by Crippen LogP contribution is 2.17. The number of hydrogen-bond donors (Lipinski definition) is 1. The molecule has 19 heavy (non-hydrogen) atoms. The zero-order valence-electron chi connectivity index (χ0n) is 9.48. The summed E-state index contributed by atoms with van der Waals surface area (Å²) in [4.78, 5) is 31.2. The number of pyridine rings is 2. The first-order valence-electron chi connectivity index (χ1n) is 5.32. The lowest BCUT2D eigenvalue weighted by Gasteiger charge is -2.08. The number of carbonyl (C=O) groups is 1. The van der Waals surface area contributed by atoms with Gasteiger partial charge in [-0.3, -0.25) is 14.3 Å². The molecule has 3 aromatic heterocycles. The molecule has 3 heterocycles. The molecule has 0 aliphatic heterocycles. The molecule has 6 nitrogen and oxygen atoms in total. The maximum Gasteiger partial charge on any atom is 0.341 e. The Bertz CT molecular complexity index is 824. The topological polar surface area (TPSA) is 85.1 Å². The van der Waals surface area contributed by atoms with E-state index in [2.05, 4.69) is 9.97 Å². The molecule has 0 saturated heterocycles. The van der Waals surface area contributed by atoms with Crippen molar-refractivity contribution in [1.29, 1.82) is 0 Å². The molecule has 0 fully saturated rings. The van der Waals surface area contributed by atoms with Crippen LogP contribution in [-0.2, 0) is 0 Å². The summed E-state index contributed by atoms with van der Waals surface area (Å²) in [5, 5.41) is 11.4. The molecule has 0 radical (unpaired) electrons. The minimum Gasteiger partial charge on any atom is -0.477 e. The zero-order valence-corrected chi connectivity index (χ0v) is 10.3. The first-order valence-corrected chi connectivity index (χ1v) is 6.20. The summed E-state index contributed by atoms with van der Waals surface area (Å²) in [5.41, 5.74) is -0.248. The van der Waals surface area contributed by atoms with Crippen LogP contribution in [0.4, 0.5) is 0 Å². The zero-order chi connectivity index (χ0) is 13.4. The van der Waals surface area contributed by atoms with E-state index in [9.17, 15) is 9.59 Å². The predicted molar refractivity (Wildman–Crippen MR) is 70.0 cm³/mol. The number of fused-ring (bicyclic) bond motifs is 1. The van der Waals surface area contributed by atoms with E-state index in [4.69, 9.17) is 5.11 Å². The van der Waals surface area contributed by atoms with Crippen molar-refractivity contribution in [3.63, 3.8) is 0 Å². The van der Waals surface area contributed by atoms with Crippen molar-refractivity contribution in [3.8, 4) is 5.13 Å². The number of aromatic carboxylic acids is 1. The molecule has 0 aromatic carbocycles. The molecule has 3 aromatic rings. The molecule has 7 heteroatoms. The Hall–Kier alpha value is -2.54. The molecule has 0 saturated carbocycles. The van der Waals surface area contributed by atoms with Crippen molar-refractivity contribution >= 4 is 28.3 Å². The third-order valence-corrected chi connectivity index (χ3v) is 3.39. The van der Waals surface area contributed by atoms with E-state index in [0.29, 0.717) is 10.6 Å². The van der Waals surface area contributed by atoms with Crippen LogP contribution in [0.25, 0.3) is 16.2 Å². The standard InChI is InChI=1S/C12H7N3O3S/c16-10-7(11(17)18)6-15(12-14-4-5-19-12)8-2-1-3-13-9(8)10/h1-6H,(H,17,18). The Morgan fingerprint density at radius 2 is 2.16 bits per heavy atom. The van der Waals surface area contributed by atoms with E-state index in [-0.39, 0.29) is 11.1 Å². The molecule has 0 bridgehead atoms. The second-order valence-corrected chi connectivity index (χ2v) is 4.61. The van der Waals surface area contributed by atoms with Crippen LogP contribution in [0.5, 0.6) is 0 Å². The third-order valence-electron chi connectivity index (χ3n) is 2.62. The molecule has 0 aliphatic rings. The van der Waals surface area contributed by atoms with Crippen LogP contribution < -0.4 is 5.43 Å². The van der Waals surface area contributed by atoms with Crippen LogP contribution in [0.15, 0.2) is 40.9 Å². The van der Waals surface area contributed by atoms with E-state index in [1.807, 2.05) is 0 Å². The summed E-state index contributed by atoms with van der Waals surface area (Å²) in [6, 6.07) is 3.39. The average molecular weight is 273 g/mol. The van der Waals surface area contributed by atoms with E-state index in [1.165, 1.54) is 23.7 Å². The molecule has 0 atom stereocenters. The van der Waals surface area contributed by atoms with Gasteiger partial charge < -0.3 is 5.11 Å². The van der Waals surface area contributed by atoms with Gasteiger partial charge in [0.25, 0.3) is 0 Å². The van der Waals surface area contributed by atoms with Gasteiger partial charge >= 0.3 is 5.97 Å². The highest BCUT2D eigenvalue weighted by Gasteiger charge is 2.16. The van der Waals surface area contributed by atoms with E-state index in [1.54, 1.807) is 28.3 Å². The molecule has 0 amide bonds. The highest BCUT2D eigenvalue weighted by molar-refractivity contribution is 7.12. The average Bonchev–Trinajstić information content (AvgIpc) is 2.93. The van der Waals surface area contributed by atoms with Crippen molar-refractivity contribution in [2.75, 3.05) is 0 Å². The minimum atomic E-state index is -1.28. The summed E-state index contributed by atoms with van der Waals surface area (Å²) in [5.74, 6) is -1.28. The van der Waals surface area contributed by atoms with Gasteiger partial charge in [0, 0.05) is 24.0 Å². The lowest BCUT2D eigenvalue weighted by molar-refractivity contribution is 0.0695. The number of nitrogens with zero attached hydrogens (tertiary/aromatic N) is 3. The summed E-state index contributed by atoms with van der Waals surface area (Å²) in [7, 11) is 0. The van der Waals surface area contributed by atoms with Gasteiger partial charge in [-0.2, -0.15) is 0 Å². The van der Waals surface area contributed by atoms with Gasteiger partial charge in [-0.15, -0.1) is 11.3 Å². The van der Waals surface area contributed by atoms with Crippen LogP contribution in [0, 0.1) is 0 Å². The number of aromatic nitrogens is 3. The SMILES string of the molecule is O=C(O)c1cn(-c2nccs2)c2cccnc2c1=O. The van der Waals surface area contributed by atoms with Crippen LogP contribution >= 0.6 is 11.3 Å². The van der Waals surface area contributed by atoms with Gasteiger partial charge in [-0.25, -0.2) is 9.78 Å². The molecular formula is C12H7N3O3S. The van der Waals surface area contributed by atoms with Crippen molar-refractivity contribution < 1.29 is 9.90 Å². The fraction of sp³-hybridized carbons (Fsp3) is 0. The molecule has 1 N–H and O–H groups in total. The fourth-order valence-corrected chi connectivity index (χ4v) is 2.43. The quantitative estimate of drug-likeness (QED) is 0.765. The monoisotopic (exact) mass is 273 g/mol. The summed E-state index contributed by atoms with van der Waals surface area (Å²) in [6.07, 6.45) is 4.36. The predicted octanol–water partition coefficient (Wildman–Crippen LogP) is 1.54. The molecule has 3 rings (SSSR count). The lowest BCUT2D eigenvalue weighted by atomic mass is 10.2. The Morgan fingerprint density at radius 1 is 1.32 bits per heavy atom. The van der Waals surface area contributed by atoms with Crippen LogP contribution in [0.3, 0.4) is 0 Å². The number of thiazole rings is 1. The van der Waals surface area contributed by atoms with Gasteiger partial charge in [0.1, 0.15) is 11.1 Å². The maximum absolute atomic E-state index is 12.0. The molecule has 94 valence electrons. The Kier molecular flexibility index (Phi) is 2.60. The Morgan fingerprint density at radius 3 is 2.84 bits per heavy atom. The first-order chi connectivity index (χ1) is 9.18. The molecular weight excluding hydrogens is 266 g/mol. The van der Waals surface area contributed by atoms with Crippen molar-refractivity contribution in [2.24, 2.45) is 0 Å². The third kappa shape index (κ3) is 1.80. The fourth-order valence-electron chi connectivity index (χ4n) is 1.80. The van der Waals surface area contributed by atoms with Crippen molar-refractivity contribution in [2.45, 2.75) is 0 Å². The van der Waals surface area contributed by atoms with Crippen LogP contribution in [0.1, 0.15) is 10.4 Å². The van der Waals surface area contributed by atoms with E-state index in [0.717, 1.165) is 0 Å². The largest absolute Gasteiger partial charge is 0.477 e. The number of hydrogen-bond acceptors (Lipinski definition) is 5. The van der Waals surface area contributed by atoms with E-state index < -0.39 is 11.4 Å². The maximum atomic E-state index is 12.0. The van der Waals surface area contributed by atoms with E-state index >= 15 is 0 Å². The summed E-state index contributed by atoms with van der Waals surface area (Å²) < 4.78 is 1.57. The molecule has 0 spiro atoms. The summed E-state index contributed by atoms with van der Waals surface area (Å²) in [6.45, 7) is 0. The first kappa shape index (κ1) is 11.5. The van der Waals surface area contributed by atoms with Gasteiger partial charge in [-0.1, -0.05) is 0 Å². The lowest BCUT2D eigenvalue weighted by Crippen LogP contribution is -2.19. The Balaban J connectivity index is 2.48. The number of carboxylic acids is 1. The normalized spacial score (nSPS) is 10.7. The van der Waals surface area contributed by atoms with Crippen LogP contribution in [0.2, 0.25) is 0 Å². The van der Waals surface area contributed by atoms with Crippen molar-refractivity contribution in [3.05, 3.63) is 51.9 Å². The number of carboxylic acid groups (broad SMARTS) is 1. The van der Waals surface area contributed by atoms with Gasteiger partial charge in [0.15, 0.2) is 5.13 Å². The van der Waals surface area contributed by atoms with Crippen LogP contribution in [-0.4, -0.2) is 25.6 Å².